The van der Waals surface area contributed by atoms with Crippen LogP contribution in [0.2, 0.25) is 0 Å². The van der Waals surface area contributed by atoms with Crippen LogP contribution in [-0.2, 0) is 17.9 Å². The molecule has 2 aromatic rings. The van der Waals surface area contributed by atoms with Gasteiger partial charge in [0.2, 0.25) is 5.91 Å². The van der Waals surface area contributed by atoms with Crippen LogP contribution in [0.4, 0.5) is 0 Å². The van der Waals surface area contributed by atoms with E-state index in [4.69, 9.17) is 0 Å². The van der Waals surface area contributed by atoms with E-state index in [1.54, 1.807) is 4.57 Å². The van der Waals surface area contributed by atoms with Crippen LogP contribution in [0.25, 0.3) is 10.9 Å². The van der Waals surface area contributed by atoms with Crippen molar-refractivity contribution < 1.29 is 4.79 Å². The number of nitrogens with zero attached hydrogens (tertiary/aromatic N) is 2. The number of benzene rings is 1. The molecule has 1 saturated carbocycles. The number of rotatable bonds is 4. The molecule has 6 heteroatoms. The maximum Gasteiger partial charge on any atom is 0.331 e. The average molecular weight is 343 g/mol. The van der Waals surface area contributed by atoms with Gasteiger partial charge in [0.05, 0.1) is 10.9 Å². The zero-order valence-corrected chi connectivity index (χ0v) is 15.3. The van der Waals surface area contributed by atoms with Crippen LogP contribution in [-0.4, -0.2) is 20.6 Å². The number of hydrogen-bond donors (Lipinski definition) is 1. The zero-order valence-electron chi connectivity index (χ0n) is 15.3. The predicted octanol–water partition coefficient (Wildman–Crippen LogP) is 1.80. The lowest BCUT2D eigenvalue weighted by Crippen LogP contribution is -2.48. The molecule has 1 aromatic carbocycles. The predicted molar refractivity (Wildman–Crippen MR) is 97.8 cm³/mol. The summed E-state index contributed by atoms with van der Waals surface area (Å²) in [6.45, 7) is 7.79. The van der Waals surface area contributed by atoms with Crippen molar-refractivity contribution in [2.24, 2.45) is 5.92 Å². The third kappa shape index (κ3) is 3.67. The molecular weight excluding hydrogens is 318 g/mol. The van der Waals surface area contributed by atoms with E-state index in [0.29, 0.717) is 23.4 Å². The van der Waals surface area contributed by atoms with Crippen molar-refractivity contribution in [3.05, 3.63) is 44.6 Å². The molecule has 1 fully saturated rings. The van der Waals surface area contributed by atoms with Crippen LogP contribution in [0, 0.1) is 12.8 Å². The van der Waals surface area contributed by atoms with Crippen molar-refractivity contribution in [2.45, 2.75) is 59.2 Å². The monoisotopic (exact) mass is 343 g/mol. The lowest BCUT2D eigenvalue weighted by Gasteiger charge is -2.21. The van der Waals surface area contributed by atoms with Gasteiger partial charge in [-0.1, -0.05) is 12.1 Å². The molecular formula is C19H25N3O3. The van der Waals surface area contributed by atoms with Gasteiger partial charge in [0.25, 0.3) is 5.56 Å². The molecule has 3 rings (SSSR count). The van der Waals surface area contributed by atoms with Crippen molar-refractivity contribution in [1.82, 2.24) is 14.5 Å². The minimum absolute atomic E-state index is 0.260. The molecule has 1 aliphatic carbocycles. The van der Waals surface area contributed by atoms with E-state index in [0.717, 1.165) is 23.0 Å². The summed E-state index contributed by atoms with van der Waals surface area (Å²) >= 11 is 0. The van der Waals surface area contributed by atoms with Gasteiger partial charge in [-0.05, 0) is 58.1 Å². The summed E-state index contributed by atoms with van der Waals surface area (Å²) < 4.78 is 2.73. The van der Waals surface area contributed by atoms with Crippen molar-refractivity contribution in [2.75, 3.05) is 0 Å². The molecule has 0 atom stereocenters. The van der Waals surface area contributed by atoms with Crippen molar-refractivity contribution in [3.63, 3.8) is 0 Å². The fourth-order valence-corrected chi connectivity index (χ4v) is 3.10. The third-order valence-corrected chi connectivity index (χ3v) is 4.42. The first-order valence-corrected chi connectivity index (χ1v) is 8.71. The zero-order chi connectivity index (χ0) is 18.4. The number of aromatic nitrogens is 2. The van der Waals surface area contributed by atoms with Crippen LogP contribution in [0.1, 0.15) is 39.2 Å². The van der Waals surface area contributed by atoms with Gasteiger partial charge in [0.15, 0.2) is 0 Å². The molecule has 6 nitrogen and oxygen atoms in total. The number of amides is 1. The molecule has 0 radical (unpaired) electrons. The number of carbonyl (C=O) groups is 1. The second-order valence-electron chi connectivity index (χ2n) is 8.00. The molecule has 134 valence electrons. The highest BCUT2D eigenvalue weighted by molar-refractivity contribution is 5.82. The Bertz CT molecular complexity index is 943. The van der Waals surface area contributed by atoms with Crippen LogP contribution >= 0.6 is 0 Å². The van der Waals surface area contributed by atoms with Gasteiger partial charge in [-0.15, -0.1) is 0 Å². The second kappa shape index (κ2) is 6.17. The summed E-state index contributed by atoms with van der Waals surface area (Å²) in [4.78, 5) is 38.1. The molecule has 1 aromatic heterocycles. The average Bonchev–Trinajstić information content (AvgIpc) is 3.30. The van der Waals surface area contributed by atoms with Crippen LogP contribution in [0.5, 0.6) is 0 Å². The Labute approximate surface area is 146 Å². The van der Waals surface area contributed by atoms with Gasteiger partial charge in [0, 0.05) is 12.1 Å². The van der Waals surface area contributed by atoms with Gasteiger partial charge in [0.1, 0.15) is 6.54 Å². The number of fused-ring (bicyclic) bond motifs is 1. The minimum atomic E-state index is -0.416. The van der Waals surface area contributed by atoms with Crippen molar-refractivity contribution in [1.29, 1.82) is 0 Å². The normalized spacial score (nSPS) is 14.7. The molecule has 1 aliphatic rings. The largest absolute Gasteiger partial charge is 0.350 e. The number of carbonyl (C=O) groups excluding carboxylic acids is 1. The molecule has 1 heterocycles. The first kappa shape index (κ1) is 17.5. The summed E-state index contributed by atoms with van der Waals surface area (Å²) in [5.74, 6) is 0.147. The highest BCUT2D eigenvalue weighted by atomic mass is 16.2. The van der Waals surface area contributed by atoms with E-state index >= 15 is 0 Å². The first-order valence-electron chi connectivity index (χ1n) is 8.71. The van der Waals surface area contributed by atoms with E-state index in [1.165, 1.54) is 0 Å². The highest BCUT2D eigenvalue weighted by Crippen LogP contribution is 2.31. The van der Waals surface area contributed by atoms with Gasteiger partial charge in [-0.2, -0.15) is 0 Å². The molecule has 0 bridgehead atoms. The number of nitrogens with one attached hydrogen (secondary N) is 1. The smallest absolute Gasteiger partial charge is 0.331 e. The van der Waals surface area contributed by atoms with Crippen LogP contribution in [0.3, 0.4) is 0 Å². The Morgan fingerprint density at radius 3 is 2.48 bits per heavy atom. The summed E-state index contributed by atoms with van der Waals surface area (Å²) in [6.07, 6.45) is 2.20. The van der Waals surface area contributed by atoms with E-state index in [9.17, 15) is 14.4 Å². The Hall–Kier alpha value is -2.37. The van der Waals surface area contributed by atoms with Gasteiger partial charge in [-0.25, -0.2) is 4.79 Å². The second-order valence-corrected chi connectivity index (χ2v) is 8.00. The lowest BCUT2D eigenvalue weighted by atomic mass is 10.1. The standard InChI is InChI=1S/C19H25N3O3/c1-12-6-5-7-14-16(12)17(24)22(11-15(23)20-19(2,3)4)18(25)21(14)10-13-8-9-13/h5-7,13H,8-11H2,1-4H3,(H,20,23). The summed E-state index contributed by atoms with van der Waals surface area (Å²) in [5.41, 5.74) is 0.264. The molecule has 0 aliphatic heterocycles. The molecule has 0 spiro atoms. The topological polar surface area (TPSA) is 73.1 Å². The summed E-state index contributed by atoms with van der Waals surface area (Å²) in [6, 6.07) is 5.53. The fraction of sp³-hybridized carbons (Fsp3) is 0.526. The third-order valence-electron chi connectivity index (χ3n) is 4.42. The van der Waals surface area contributed by atoms with Gasteiger partial charge in [-0.3, -0.25) is 18.7 Å². The Balaban J connectivity index is 2.14. The summed E-state index contributed by atoms with van der Waals surface area (Å²) in [7, 11) is 0. The molecule has 25 heavy (non-hydrogen) atoms. The van der Waals surface area contributed by atoms with Crippen LogP contribution < -0.4 is 16.6 Å². The molecule has 0 unspecified atom stereocenters. The Morgan fingerprint density at radius 1 is 1.20 bits per heavy atom. The maximum atomic E-state index is 12.9. The van der Waals surface area contributed by atoms with Gasteiger partial charge >= 0.3 is 5.69 Å². The number of aryl methyl sites for hydroxylation is 1. The quantitative estimate of drug-likeness (QED) is 0.920. The Morgan fingerprint density at radius 2 is 1.88 bits per heavy atom. The van der Waals surface area contributed by atoms with E-state index in [-0.39, 0.29) is 12.5 Å². The lowest BCUT2D eigenvalue weighted by molar-refractivity contribution is -0.123. The minimum Gasteiger partial charge on any atom is -0.350 e. The fourth-order valence-electron chi connectivity index (χ4n) is 3.10. The SMILES string of the molecule is Cc1cccc2c1c(=O)n(CC(=O)NC(C)(C)C)c(=O)n2CC1CC1. The van der Waals surface area contributed by atoms with Gasteiger partial charge < -0.3 is 5.32 Å². The van der Waals surface area contributed by atoms with E-state index < -0.39 is 16.8 Å². The van der Waals surface area contributed by atoms with Crippen molar-refractivity contribution >= 4 is 16.8 Å². The van der Waals surface area contributed by atoms with E-state index in [2.05, 4.69) is 5.32 Å². The Kier molecular flexibility index (Phi) is 4.31. The summed E-state index contributed by atoms with van der Waals surface area (Å²) in [5, 5.41) is 3.33. The molecule has 1 N–H and O–H groups in total. The maximum absolute atomic E-state index is 12.9. The van der Waals surface area contributed by atoms with Crippen LogP contribution in [0.15, 0.2) is 27.8 Å². The number of hydrogen-bond acceptors (Lipinski definition) is 3. The van der Waals surface area contributed by atoms with Crippen molar-refractivity contribution in [3.8, 4) is 0 Å². The van der Waals surface area contributed by atoms with E-state index in [1.807, 2.05) is 45.9 Å². The highest BCUT2D eigenvalue weighted by Gasteiger charge is 2.25. The first-order chi connectivity index (χ1) is 11.7. The molecule has 1 amide bonds. The molecule has 0 saturated heterocycles.